The molecule has 0 aliphatic carbocycles. The van der Waals surface area contributed by atoms with Crippen molar-refractivity contribution in [1.82, 2.24) is 0 Å². The molecule has 0 saturated heterocycles. The lowest BCUT2D eigenvalue weighted by Gasteiger charge is -2.13. The molecule has 0 aliphatic heterocycles. The fraction of sp³-hybridized carbons (Fsp3) is 0.0556. The minimum absolute atomic E-state index is 0.170. The van der Waals surface area contributed by atoms with Gasteiger partial charge in [0.15, 0.2) is 0 Å². The maximum absolute atomic E-state index is 12.7. The number of fused-ring (bicyclic) bond motifs is 1. The first kappa shape index (κ1) is 19.6. The van der Waals surface area contributed by atoms with Crippen LogP contribution < -0.4 is 4.72 Å². The molecule has 0 radical (unpaired) electrons. The van der Waals surface area contributed by atoms with Crippen LogP contribution in [0.2, 0.25) is 5.02 Å². The van der Waals surface area contributed by atoms with Gasteiger partial charge in [-0.15, -0.1) is 0 Å². The molecule has 144 valence electrons. The molecule has 8 nitrogen and oxygen atoms in total. The Kier molecular flexibility index (Phi) is 5.21. The molecule has 0 bridgehead atoms. The number of halogens is 1. The lowest BCUT2D eigenvalue weighted by molar-refractivity contribution is -0.384. The summed E-state index contributed by atoms with van der Waals surface area (Å²) in [5, 5.41) is 11.8. The van der Waals surface area contributed by atoms with E-state index in [1.54, 1.807) is 24.3 Å². The Morgan fingerprint density at radius 3 is 2.43 bits per heavy atom. The summed E-state index contributed by atoms with van der Waals surface area (Å²) in [5.41, 5.74) is -0.0283. The zero-order valence-electron chi connectivity index (χ0n) is 14.4. The highest BCUT2D eigenvalue weighted by Gasteiger charge is 2.22. The number of benzene rings is 3. The molecule has 1 N–H and O–H groups in total. The normalized spacial score (nSPS) is 11.2. The first-order valence-electron chi connectivity index (χ1n) is 7.81. The van der Waals surface area contributed by atoms with E-state index >= 15 is 0 Å². The van der Waals surface area contributed by atoms with Gasteiger partial charge in [0.05, 0.1) is 28.2 Å². The third-order valence-corrected chi connectivity index (χ3v) is 5.68. The fourth-order valence-corrected chi connectivity index (χ4v) is 3.97. The quantitative estimate of drug-likeness (QED) is 0.379. The van der Waals surface area contributed by atoms with Crippen LogP contribution in [0.5, 0.6) is 0 Å². The van der Waals surface area contributed by atoms with Crippen molar-refractivity contribution < 1.29 is 22.9 Å². The molecule has 0 atom stereocenters. The average Bonchev–Trinajstić information content (AvgIpc) is 2.67. The van der Waals surface area contributed by atoms with Gasteiger partial charge >= 0.3 is 5.97 Å². The van der Waals surface area contributed by atoms with E-state index in [0.29, 0.717) is 10.8 Å². The van der Waals surface area contributed by atoms with Crippen molar-refractivity contribution in [1.29, 1.82) is 0 Å². The molecular weight excluding hydrogens is 408 g/mol. The molecule has 0 saturated carbocycles. The van der Waals surface area contributed by atoms with E-state index in [1.807, 2.05) is 0 Å². The van der Waals surface area contributed by atoms with Crippen LogP contribution in [0, 0.1) is 10.1 Å². The molecule has 3 aromatic rings. The maximum Gasteiger partial charge on any atom is 0.338 e. The molecule has 0 spiro atoms. The molecule has 0 unspecified atom stereocenters. The third kappa shape index (κ3) is 3.62. The van der Waals surface area contributed by atoms with Crippen LogP contribution in [0.15, 0.2) is 59.5 Å². The Hall–Kier alpha value is -3.17. The zero-order valence-corrected chi connectivity index (χ0v) is 16.0. The Bertz CT molecular complexity index is 1210. The number of nitrogens with one attached hydrogen (secondary N) is 1. The van der Waals surface area contributed by atoms with Crippen molar-refractivity contribution >= 4 is 49.7 Å². The standard InChI is InChI=1S/C18H13ClN2O6S/c1-27-18(22)14-7-9-16(13-5-3-2-4-12(13)14)20-28(25,26)11-6-8-15(19)17(10-11)21(23)24/h2-10,20H,1H3. The second-order valence-corrected chi connectivity index (χ2v) is 7.76. The molecule has 0 heterocycles. The fourth-order valence-electron chi connectivity index (χ4n) is 2.68. The summed E-state index contributed by atoms with van der Waals surface area (Å²) in [6, 6.07) is 12.8. The molecular formula is C18H13ClN2O6S. The van der Waals surface area contributed by atoms with Gasteiger partial charge in [-0.25, -0.2) is 13.2 Å². The van der Waals surface area contributed by atoms with E-state index in [9.17, 15) is 23.3 Å². The monoisotopic (exact) mass is 420 g/mol. The molecule has 0 amide bonds. The predicted molar refractivity (Wildman–Crippen MR) is 104 cm³/mol. The highest BCUT2D eigenvalue weighted by molar-refractivity contribution is 7.92. The summed E-state index contributed by atoms with van der Waals surface area (Å²) in [4.78, 5) is 21.9. The number of hydrogen-bond donors (Lipinski definition) is 1. The number of nitro groups is 1. The van der Waals surface area contributed by atoms with Gasteiger partial charge in [-0.3, -0.25) is 14.8 Å². The van der Waals surface area contributed by atoms with Crippen LogP contribution >= 0.6 is 11.6 Å². The van der Waals surface area contributed by atoms with Gasteiger partial charge in [-0.05, 0) is 29.7 Å². The van der Waals surface area contributed by atoms with Crippen molar-refractivity contribution in [2.75, 3.05) is 11.8 Å². The van der Waals surface area contributed by atoms with Crippen molar-refractivity contribution in [3.8, 4) is 0 Å². The topological polar surface area (TPSA) is 116 Å². The van der Waals surface area contributed by atoms with Gasteiger partial charge in [0, 0.05) is 11.5 Å². The number of hydrogen-bond acceptors (Lipinski definition) is 6. The molecule has 3 rings (SSSR count). The number of anilines is 1. The van der Waals surface area contributed by atoms with Crippen LogP contribution in [-0.2, 0) is 14.8 Å². The van der Waals surface area contributed by atoms with E-state index < -0.39 is 26.6 Å². The summed E-state index contributed by atoms with van der Waals surface area (Å²) >= 11 is 5.74. The number of methoxy groups -OCH3 is 1. The van der Waals surface area contributed by atoms with E-state index in [1.165, 1.54) is 25.3 Å². The highest BCUT2D eigenvalue weighted by Crippen LogP contribution is 2.31. The Labute approximate surface area is 164 Å². The molecule has 0 aromatic heterocycles. The largest absolute Gasteiger partial charge is 0.465 e. The summed E-state index contributed by atoms with van der Waals surface area (Å²) < 4.78 is 32.6. The summed E-state index contributed by atoms with van der Waals surface area (Å²) in [6.07, 6.45) is 0. The molecule has 0 fully saturated rings. The van der Waals surface area contributed by atoms with E-state index in [0.717, 1.165) is 12.1 Å². The first-order valence-corrected chi connectivity index (χ1v) is 9.67. The lowest BCUT2D eigenvalue weighted by Crippen LogP contribution is -2.14. The van der Waals surface area contributed by atoms with Crippen LogP contribution in [0.1, 0.15) is 10.4 Å². The minimum atomic E-state index is -4.15. The van der Waals surface area contributed by atoms with E-state index in [2.05, 4.69) is 4.72 Å². The Morgan fingerprint density at radius 1 is 1.11 bits per heavy atom. The number of nitro benzene ring substituents is 1. The van der Waals surface area contributed by atoms with Gasteiger partial charge in [0.25, 0.3) is 15.7 Å². The van der Waals surface area contributed by atoms with Gasteiger partial charge in [0.2, 0.25) is 0 Å². The maximum atomic E-state index is 12.7. The van der Waals surface area contributed by atoms with Gasteiger partial charge in [0.1, 0.15) is 5.02 Å². The molecule has 10 heteroatoms. The number of rotatable bonds is 5. The van der Waals surface area contributed by atoms with Crippen molar-refractivity contribution in [3.63, 3.8) is 0 Å². The first-order chi connectivity index (χ1) is 13.2. The van der Waals surface area contributed by atoms with Crippen molar-refractivity contribution in [3.05, 3.63) is 75.3 Å². The number of sulfonamides is 1. The molecule has 3 aromatic carbocycles. The van der Waals surface area contributed by atoms with Gasteiger partial charge in [-0.1, -0.05) is 35.9 Å². The predicted octanol–water partition coefficient (Wildman–Crippen LogP) is 3.99. The van der Waals surface area contributed by atoms with Gasteiger partial charge in [-0.2, -0.15) is 0 Å². The van der Waals surface area contributed by atoms with E-state index in [4.69, 9.17) is 16.3 Å². The Balaban J connectivity index is 2.09. The Morgan fingerprint density at radius 2 is 1.79 bits per heavy atom. The molecule has 28 heavy (non-hydrogen) atoms. The second kappa shape index (κ2) is 7.45. The second-order valence-electron chi connectivity index (χ2n) is 5.67. The van der Waals surface area contributed by atoms with Crippen LogP contribution in [0.25, 0.3) is 10.8 Å². The number of esters is 1. The minimum Gasteiger partial charge on any atom is -0.465 e. The number of carbonyl (C=O) groups excluding carboxylic acids is 1. The number of nitrogens with zero attached hydrogens (tertiary/aromatic N) is 1. The SMILES string of the molecule is COC(=O)c1ccc(NS(=O)(=O)c2ccc(Cl)c([N+](=O)[O-])c2)c2ccccc12. The lowest BCUT2D eigenvalue weighted by atomic mass is 10.0. The summed E-state index contributed by atoms with van der Waals surface area (Å²) in [7, 11) is -2.89. The average molecular weight is 421 g/mol. The zero-order chi connectivity index (χ0) is 20.5. The third-order valence-electron chi connectivity index (χ3n) is 4.00. The van der Waals surface area contributed by atoms with Crippen LogP contribution in [0.4, 0.5) is 11.4 Å². The van der Waals surface area contributed by atoms with Crippen molar-refractivity contribution in [2.24, 2.45) is 0 Å². The number of ether oxygens (including phenoxy) is 1. The van der Waals surface area contributed by atoms with Crippen molar-refractivity contribution in [2.45, 2.75) is 4.90 Å². The molecule has 0 aliphatic rings. The highest BCUT2D eigenvalue weighted by atomic mass is 35.5. The summed E-state index contributed by atoms with van der Waals surface area (Å²) in [6.45, 7) is 0. The van der Waals surface area contributed by atoms with Gasteiger partial charge < -0.3 is 4.74 Å². The summed E-state index contributed by atoms with van der Waals surface area (Å²) in [5.74, 6) is -0.557. The van der Waals surface area contributed by atoms with E-state index in [-0.39, 0.29) is 21.2 Å². The number of carbonyl (C=O) groups is 1. The smallest absolute Gasteiger partial charge is 0.338 e. The van der Waals surface area contributed by atoms with Crippen LogP contribution in [0.3, 0.4) is 0 Å². The van der Waals surface area contributed by atoms with Crippen LogP contribution in [-0.4, -0.2) is 26.4 Å².